The minimum absolute atomic E-state index is 0.0996. The Morgan fingerprint density at radius 2 is 1.52 bits per heavy atom. The highest BCUT2D eigenvalue weighted by molar-refractivity contribution is 5.72. The van der Waals surface area contributed by atoms with E-state index in [2.05, 4.69) is 4.90 Å². The third-order valence-corrected chi connectivity index (χ3v) is 4.17. The standard InChI is InChI=1S/C15H20F2N2O2/c1-10(12-7-13(16)9-14(17)8-12)18-3-5-19(6-4-18)11(2)15(20)21/h7-11H,3-6H2,1-2H3,(H,20,21). The van der Waals surface area contributed by atoms with Crippen molar-refractivity contribution in [2.75, 3.05) is 26.2 Å². The second-order valence-electron chi connectivity index (χ2n) is 5.46. The van der Waals surface area contributed by atoms with E-state index in [1.807, 2.05) is 11.8 Å². The van der Waals surface area contributed by atoms with Gasteiger partial charge in [-0.15, -0.1) is 0 Å². The van der Waals surface area contributed by atoms with E-state index in [4.69, 9.17) is 5.11 Å². The van der Waals surface area contributed by atoms with E-state index >= 15 is 0 Å². The Morgan fingerprint density at radius 3 is 2.00 bits per heavy atom. The fraction of sp³-hybridized carbons (Fsp3) is 0.533. The molecule has 1 heterocycles. The van der Waals surface area contributed by atoms with Crippen molar-refractivity contribution in [3.8, 4) is 0 Å². The van der Waals surface area contributed by atoms with E-state index in [-0.39, 0.29) is 6.04 Å². The van der Waals surface area contributed by atoms with Gasteiger partial charge in [0.1, 0.15) is 17.7 Å². The van der Waals surface area contributed by atoms with Crippen LogP contribution in [0, 0.1) is 11.6 Å². The van der Waals surface area contributed by atoms with Gasteiger partial charge in [-0.25, -0.2) is 8.78 Å². The molecule has 2 unspecified atom stereocenters. The summed E-state index contributed by atoms with van der Waals surface area (Å²) in [6.07, 6.45) is 0. The van der Waals surface area contributed by atoms with Crippen molar-refractivity contribution in [1.82, 2.24) is 9.80 Å². The Labute approximate surface area is 123 Å². The van der Waals surface area contributed by atoms with Gasteiger partial charge >= 0.3 is 5.97 Å². The molecule has 1 aliphatic heterocycles. The van der Waals surface area contributed by atoms with Gasteiger partial charge < -0.3 is 5.11 Å². The van der Waals surface area contributed by atoms with Crippen molar-refractivity contribution in [2.24, 2.45) is 0 Å². The van der Waals surface area contributed by atoms with Gasteiger partial charge in [-0.3, -0.25) is 14.6 Å². The molecular weight excluding hydrogens is 278 g/mol. The molecule has 0 aromatic heterocycles. The molecule has 1 aliphatic rings. The molecule has 1 aromatic carbocycles. The normalized spacial score (nSPS) is 20.2. The van der Waals surface area contributed by atoms with Gasteiger partial charge in [0, 0.05) is 38.3 Å². The summed E-state index contributed by atoms with van der Waals surface area (Å²) in [5, 5.41) is 9.01. The van der Waals surface area contributed by atoms with Crippen LogP contribution >= 0.6 is 0 Å². The quantitative estimate of drug-likeness (QED) is 0.924. The molecule has 2 atom stereocenters. The van der Waals surface area contributed by atoms with Crippen LogP contribution in [0.15, 0.2) is 18.2 Å². The number of carbonyl (C=O) groups is 1. The summed E-state index contributed by atoms with van der Waals surface area (Å²) in [5.74, 6) is -1.98. The third kappa shape index (κ3) is 3.77. The van der Waals surface area contributed by atoms with Crippen LogP contribution in [0.25, 0.3) is 0 Å². The second-order valence-corrected chi connectivity index (χ2v) is 5.46. The highest BCUT2D eigenvalue weighted by Crippen LogP contribution is 2.23. The van der Waals surface area contributed by atoms with Gasteiger partial charge in [-0.2, -0.15) is 0 Å². The highest BCUT2D eigenvalue weighted by Gasteiger charge is 2.27. The predicted octanol–water partition coefficient (Wildman–Crippen LogP) is 2.12. The lowest BCUT2D eigenvalue weighted by atomic mass is 10.1. The van der Waals surface area contributed by atoms with Crippen LogP contribution < -0.4 is 0 Å². The second kappa shape index (κ2) is 6.49. The van der Waals surface area contributed by atoms with E-state index < -0.39 is 23.6 Å². The number of hydrogen-bond donors (Lipinski definition) is 1. The smallest absolute Gasteiger partial charge is 0.320 e. The number of rotatable bonds is 4. The van der Waals surface area contributed by atoms with Gasteiger partial charge in [0.25, 0.3) is 0 Å². The summed E-state index contributed by atoms with van der Waals surface area (Å²) in [6.45, 7) is 6.20. The largest absolute Gasteiger partial charge is 0.480 e. The first-order chi connectivity index (χ1) is 9.88. The van der Waals surface area contributed by atoms with Crippen LogP contribution in [0.4, 0.5) is 8.78 Å². The molecule has 4 nitrogen and oxygen atoms in total. The van der Waals surface area contributed by atoms with Crippen molar-refractivity contribution >= 4 is 5.97 Å². The molecule has 0 radical (unpaired) electrons. The van der Waals surface area contributed by atoms with Crippen molar-refractivity contribution in [3.63, 3.8) is 0 Å². The Morgan fingerprint density at radius 1 is 1.05 bits per heavy atom. The maximum atomic E-state index is 13.3. The number of nitrogens with zero attached hydrogens (tertiary/aromatic N) is 2. The van der Waals surface area contributed by atoms with Crippen LogP contribution in [0.3, 0.4) is 0 Å². The zero-order chi connectivity index (χ0) is 15.6. The maximum Gasteiger partial charge on any atom is 0.320 e. The topological polar surface area (TPSA) is 43.8 Å². The zero-order valence-corrected chi connectivity index (χ0v) is 12.2. The van der Waals surface area contributed by atoms with Gasteiger partial charge in [0.15, 0.2) is 0 Å². The minimum atomic E-state index is -0.830. The Balaban J connectivity index is 2.00. The van der Waals surface area contributed by atoms with Gasteiger partial charge in [0.05, 0.1) is 0 Å². The number of benzene rings is 1. The molecule has 0 aliphatic carbocycles. The van der Waals surface area contributed by atoms with Gasteiger partial charge in [-0.05, 0) is 31.5 Å². The van der Waals surface area contributed by atoms with Crippen molar-refractivity contribution in [3.05, 3.63) is 35.4 Å². The molecule has 1 fully saturated rings. The zero-order valence-electron chi connectivity index (χ0n) is 12.2. The number of carboxylic acid groups (broad SMARTS) is 1. The Hall–Kier alpha value is -1.53. The minimum Gasteiger partial charge on any atom is -0.480 e. The molecule has 0 bridgehead atoms. The Kier molecular flexibility index (Phi) is 4.90. The van der Waals surface area contributed by atoms with Crippen molar-refractivity contribution in [1.29, 1.82) is 0 Å². The SMILES string of the molecule is CC(C(=O)O)N1CCN(C(C)c2cc(F)cc(F)c2)CC1. The summed E-state index contributed by atoms with van der Waals surface area (Å²) in [4.78, 5) is 15.0. The van der Waals surface area contributed by atoms with Crippen LogP contribution in [0.2, 0.25) is 0 Å². The average Bonchev–Trinajstić information content (AvgIpc) is 2.44. The molecule has 1 aromatic rings. The van der Waals surface area contributed by atoms with Gasteiger partial charge in [0.2, 0.25) is 0 Å². The highest BCUT2D eigenvalue weighted by atomic mass is 19.1. The fourth-order valence-corrected chi connectivity index (χ4v) is 2.70. The van der Waals surface area contributed by atoms with Crippen molar-refractivity contribution in [2.45, 2.75) is 25.9 Å². The first kappa shape index (κ1) is 15.9. The molecule has 1 saturated heterocycles. The lowest BCUT2D eigenvalue weighted by Gasteiger charge is -2.39. The summed E-state index contributed by atoms with van der Waals surface area (Å²) in [6, 6.07) is 2.95. The number of aliphatic carboxylic acids is 1. The molecule has 1 N–H and O–H groups in total. The molecule has 0 amide bonds. The molecule has 0 saturated carbocycles. The first-order valence-electron chi connectivity index (χ1n) is 7.05. The number of carboxylic acids is 1. The van der Waals surface area contributed by atoms with E-state index in [0.717, 1.165) is 6.07 Å². The van der Waals surface area contributed by atoms with E-state index in [1.54, 1.807) is 6.92 Å². The monoisotopic (exact) mass is 298 g/mol. The Bertz CT molecular complexity index is 496. The van der Waals surface area contributed by atoms with Crippen molar-refractivity contribution < 1.29 is 18.7 Å². The number of piperazine rings is 1. The fourth-order valence-electron chi connectivity index (χ4n) is 2.70. The van der Waals surface area contributed by atoms with Crippen LogP contribution in [-0.2, 0) is 4.79 Å². The molecule has 2 rings (SSSR count). The maximum absolute atomic E-state index is 13.3. The molecule has 0 spiro atoms. The van der Waals surface area contributed by atoms with Crippen LogP contribution in [0.1, 0.15) is 25.5 Å². The van der Waals surface area contributed by atoms with Crippen LogP contribution in [0.5, 0.6) is 0 Å². The summed E-state index contributed by atoms with van der Waals surface area (Å²) in [7, 11) is 0. The average molecular weight is 298 g/mol. The number of halogens is 2. The number of hydrogen-bond acceptors (Lipinski definition) is 3. The summed E-state index contributed by atoms with van der Waals surface area (Å²) in [5.41, 5.74) is 0.604. The summed E-state index contributed by atoms with van der Waals surface area (Å²) < 4.78 is 26.6. The van der Waals surface area contributed by atoms with E-state index in [9.17, 15) is 13.6 Å². The molecule has 6 heteroatoms. The van der Waals surface area contributed by atoms with Gasteiger partial charge in [-0.1, -0.05) is 0 Å². The first-order valence-corrected chi connectivity index (χ1v) is 7.05. The third-order valence-electron chi connectivity index (χ3n) is 4.17. The van der Waals surface area contributed by atoms with E-state index in [1.165, 1.54) is 12.1 Å². The van der Waals surface area contributed by atoms with Crippen LogP contribution in [-0.4, -0.2) is 53.1 Å². The molecule has 116 valence electrons. The lowest BCUT2D eigenvalue weighted by molar-refractivity contribution is -0.143. The lowest BCUT2D eigenvalue weighted by Crippen LogP contribution is -2.52. The molecular formula is C15H20F2N2O2. The molecule has 21 heavy (non-hydrogen) atoms. The summed E-state index contributed by atoms with van der Waals surface area (Å²) >= 11 is 0. The predicted molar refractivity (Wildman–Crippen MR) is 75.0 cm³/mol. The van der Waals surface area contributed by atoms with E-state index in [0.29, 0.717) is 31.7 Å².